The van der Waals surface area contributed by atoms with E-state index in [0.717, 1.165) is 16.9 Å². The van der Waals surface area contributed by atoms with Crippen molar-refractivity contribution in [2.75, 3.05) is 36.2 Å². The van der Waals surface area contributed by atoms with E-state index in [4.69, 9.17) is 9.72 Å². The quantitative estimate of drug-likeness (QED) is 0.294. The SMILES string of the molecule is CNC(=O)c1ccccc1NC(=O)c1nc(Nc2ccc3c(c2)C=NC3=O)nc2c1CCN2Cc1ccc(OC)cc1. The second kappa shape index (κ2) is 11.1. The van der Waals surface area contributed by atoms with Crippen LogP contribution in [0.3, 0.4) is 0 Å². The van der Waals surface area contributed by atoms with Crippen LogP contribution >= 0.6 is 0 Å². The summed E-state index contributed by atoms with van der Waals surface area (Å²) in [6, 6.07) is 19.8. The summed E-state index contributed by atoms with van der Waals surface area (Å²) >= 11 is 0. The minimum absolute atomic E-state index is 0.212. The molecule has 3 heterocycles. The van der Waals surface area contributed by atoms with E-state index in [1.54, 1.807) is 49.6 Å². The molecule has 11 nitrogen and oxygen atoms in total. The number of aromatic nitrogens is 2. The van der Waals surface area contributed by atoms with Crippen molar-refractivity contribution in [1.82, 2.24) is 15.3 Å². The van der Waals surface area contributed by atoms with Gasteiger partial charge in [0.1, 0.15) is 17.3 Å². The van der Waals surface area contributed by atoms with E-state index in [0.29, 0.717) is 53.4 Å². The van der Waals surface area contributed by atoms with E-state index < -0.39 is 5.91 Å². The van der Waals surface area contributed by atoms with Crippen LogP contribution in [0.25, 0.3) is 0 Å². The van der Waals surface area contributed by atoms with Gasteiger partial charge < -0.3 is 25.6 Å². The average Bonchev–Trinajstić information content (AvgIpc) is 3.59. The zero-order valence-electron chi connectivity index (χ0n) is 23.0. The van der Waals surface area contributed by atoms with E-state index >= 15 is 0 Å². The van der Waals surface area contributed by atoms with E-state index in [9.17, 15) is 14.4 Å². The van der Waals surface area contributed by atoms with Gasteiger partial charge in [-0.05, 0) is 54.4 Å². The summed E-state index contributed by atoms with van der Waals surface area (Å²) in [7, 11) is 3.16. The number of fused-ring (bicyclic) bond motifs is 2. The highest BCUT2D eigenvalue weighted by molar-refractivity contribution is 6.13. The molecule has 210 valence electrons. The Morgan fingerprint density at radius 1 is 1.00 bits per heavy atom. The maximum atomic E-state index is 13.7. The Kier molecular flexibility index (Phi) is 7.05. The first-order valence-electron chi connectivity index (χ1n) is 13.3. The predicted molar refractivity (Wildman–Crippen MR) is 159 cm³/mol. The summed E-state index contributed by atoms with van der Waals surface area (Å²) in [5.41, 5.74) is 4.56. The Bertz CT molecular complexity index is 1750. The van der Waals surface area contributed by atoms with Crippen molar-refractivity contribution in [3.8, 4) is 5.75 Å². The molecule has 0 saturated heterocycles. The fraction of sp³-hybridized carbons (Fsp3) is 0.161. The number of methoxy groups -OCH3 is 1. The number of amides is 3. The van der Waals surface area contributed by atoms with Gasteiger partial charge in [-0.25, -0.2) is 9.98 Å². The minimum Gasteiger partial charge on any atom is -0.497 e. The van der Waals surface area contributed by atoms with Gasteiger partial charge in [0, 0.05) is 43.2 Å². The van der Waals surface area contributed by atoms with Gasteiger partial charge in [-0.15, -0.1) is 0 Å². The molecular formula is C31H27N7O4. The smallest absolute Gasteiger partial charge is 0.277 e. The molecule has 11 heteroatoms. The molecule has 0 radical (unpaired) electrons. The van der Waals surface area contributed by atoms with Crippen molar-refractivity contribution in [2.45, 2.75) is 13.0 Å². The first kappa shape index (κ1) is 26.6. The molecule has 3 N–H and O–H groups in total. The molecule has 2 aliphatic heterocycles. The number of rotatable bonds is 8. The van der Waals surface area contributed by atoms with Crippen molar-refractivity contribution in [1.29, 1.82) is 0 Å². The zero-order valence-corrected chi connectivity index (χ0v) is 23.0. The fourth-order valence-electron chi connectivity index (χ4n) is 5.04. The molecule has 0 saturated carbocycles. The topological polar surface area (TPSA) is 138 Å². The Hall–Kier alpha value is -5.58. The van der Waals surface area contributed by atoms with Crippen LogP contribution in [-0.4, -0.2) is 54.6 Å². The number of carbonyl (C=O) groups excluding carboxylic acids is 3. The van der Waals surface area contributed by atoms with Gasteiger partial charge in [0.05, 0.1) is 23.9 Å². The highest BCUT2D eigenvalue weighted by Gasteiger charge is 2.29. The van der Waals surface area contributed by atoms with E-state index in [2.05, 4.69) is 30.8 Å². The lowest BCUT2D eigenvalue weighted by molar-refractivity contribution is 0.0962. The number of benzene rings is 3. The zero-order chi connectivity index (χ0) is 29.2. The number of hydrogen-bond donors (Lipinski definition) is 3. The summed E-state index contributed by atoms with van der Waals surface area (Å²) in [6.07, 6.45) is 2.09. The number of hydrogen-bond acceptors (Lipinski definition) is 8. The lowest BCUT2D eigenvalue weighted by atomic mass is 10.1. The van der Waals surface area contributed by atoms with Crippen molar-refractivity contribution >= 4 is 47.1 Å². The standard InChI is InChI=1S/C31H27N7O4/c1-32-28(39)23-5-3-4-6-25(23)35-30(41)26-24-13-14-38(17-18-7-10-21(42-2)11-8-18)27(24)37-31(36-26)34-20-9-12-22-19(15-20)16-33-29(22)40/h3-12,15-16H,13-14,17H2,1-2H3,(H,32,39)(H,35,41)(H,34,36,37). The van der Waals surface area contributed by atoms with Crippen LogP contribution in [0, 0.1) is 0 Å². The van der Waals surface area contributed by atoms with Crippen LogP contribution < -0.4 is 25.6 Å². The number of carbonyl (C=O) groups is 3. The minimum atomic E-state index is -0.453. The van der Waals surface area contributed by atoms with Crippen LogP contribution in [0.15, 0.2) is 71.7 Å². The normalized spacial score (nSPS) is 13.0. The largest absolute Gasteiger partial charge is 0.497 e. The molecule has 42 heavy (non-hydrogen) atoms. The van der Waals surface area contributed by atoms with Crippen LogP contribution in [-0.2, 0) is 13.0 Å². The monoisotopic (exact) mass is 561 g/mol. The molecule has 3 aromatic carbocycles. The maximum absolute atomic E-state index is 13.7. The van der Waals surface area contributed by atoms with Gasteiger partial charge in [0.25, 0.3) is 17.7 Å². The third-order valence-corrected chi connectivity index (χ3v) is 7.17. The second-order valence-electron chi connectivity index (χ2n) is 9.79. The van der Waals surface area contributed by atoms with Crippen LogP contribution in [0.2, 0.25) is 0 Å². The predicted octanol–water partition coefficient (Wildman–Crippen LogP) is 3.98. The molecule has 0 aliphatic carbocycles. The van der Waals surface area contributed by atoms with E-state index in [1.165, 1.54) is 13.3 Å². The van der Waals surface area contributed by atoms with Gasteiger partial charge in [-0.2, -0.15) is 4.98 Å². The molecule has 0 spiro atoms. The third-order valence-electron chi connectivity index (χ3n) is 7.17. The molecule has 2 aliphatic rings. The van der Waals surface area contributed by atoms with Crippen molar-refractivity contribution < 1.29 is 19.1 Å². The van der Waals surface area contributed by atoms with Crippen LogP contribution in [0.5, 0.6) is 5.75 Å². The van der Waals surface area contributed by atoms with Gasteiger partial charge >= 0.3 is 0 Å². The number of anilines is 4. The number of aliphatic imine (C=N–C) groups is 1. The first-order chi connectivity index (χ1) is 20.4. The summed E-state index contributed by atoms with van der Waals surface area (Å²) in [6.45, 7) is 1.22. The molecule has 0 bridgehead atoms. The maximum Gasteiger partial charge on any atom is 0.277 e. The van der Waals surface area contributed by atoms with Crippen molar-refractivity contribution in [3.63, 3.8) is 0 Å². The molecule has 3 amide bonds. The molecule has 1 aromatic heterocycles. The number of para-hydroxylation sites is 1. The molecular weight excluding hydrogens is 534 g/mol. The van der Waals surface area contributed by atoms with Crippen molar-refractivity contribution in [3.05, 3.63) is 100 Å². The summed E-state index contributed by atoms with van der Waals surface area (Å²) in [5, 5.41) is 8.67. The second-order valence-corrected chi connectivity index (χ2v) is 9.79. The molecule has 0 unspecified atom stereocenters. The van der Waals surface area contributed by atoms with Gasteiger partial charge in [-0.1, -0.05) is 24.3 Å². The number of nitrogens with zero attached hydrogens (tertiary/aromatic N) is 4. The molecule has 0 fully saturated rings. The number of ether oxygens (including phenoxy) is 1. The van der Waals surface area contributed by atoms with Crippen LogP contribution in [0.1, 0.15) is 47.9 Å². The summed E-state index contributed by atoms with van der Waals surface area (Å²) < 4.78 is 5.28. The Balaban J connectivity index is 1.36. The summed E-state index contributed by atoms with van der Waals surface area (Å²) in [5.74, 6) is 0.589. The molecule has 6 rings (SSSR count). The first-order valence-corrected chi connectivity index (χ1v) is 13.3. The Morgan fingerprint density at radius 2 is 1.81 bits per heavy atom. The highest BCUT2D eigenvalue weighted by atomic mass is 16.5. The molecule has 0 atom stereocenters. The number of nitrogens with one attached hydrogen (secondary N) is 3. The van der Waals surface area contributed by atoms with E-state index in [1.807, 2.05) is 24.3 Å². The third kappa shape index (κ3) is 5.15. The van der Waals surface area contributed by atoms with Crippen molar-refractivity contribution in [2.24, 2.45) is 4.99 Å². The van der Waals surface area contributed by atoms with E-state index in [-0.39, 0.29) is 23.5 Å². The fourth-order valence-corrected chi connectivity index (χ4v) is 5.04. The Labute approximate surface area is 241 Å². The Morgan fingerprint density at radius 3 is 2.60 bits per heavy atom. The van der Waals surface area contributed by atoms with Gasteiger partial charge in [-0.3, -0.25) is 14.4 Å². The molecule has 4 aromatic rings. The highest BCUT2D eigenvalue weighted by Crippen LogP contribution is 2.33. The van der Waals surface area contributed by atoms with Gasteiger partial charge in [0.15, 0.2) is 0 Å². The average molecular weight is 562 g/mol. The lowest BCUT2D eigenvalue weighted by Gasteiger charge is -2.20. The lowest BCUT2D eigenvalue weighted by Crippen LogP contribution is -2.23. The summed E-state index contributed by atoms with van der Waals surface area (Å²) in [4.78, 5) is 53.4. The van der Waals surface area contributed by atoms with Crippen LogP contribution in [0.4, 0.5) is 23.1 Å². The van der Waals surface area contributed by atoms with Gasteiger partial charge in [0.2, 0.25) is 5.95 Å².